The number of rotatable bonds is 6. The molecule has 1 aliphatic carbocycles. The summed E-state index contributed by atoms with van der Waals surface area (Å²) in [5.74, 6) is 0.733. The Bertz CT molecular complexity index is 317. The number of anilines is 1. The number of hydrogen-bond acceptors (Lipinski definition) is 4. The second kappa shape index (κ2) is 6.55. The van der Waals surface area contributed by atoms with Gasteiger partial charge < -0.3 is 10.6 Å². The molecule has 2 N–H and O–H groups in total. The van der Waals surface area contributed by atoms with Crippen molar-refractivity contribution in [3.05, 3.63) is 18.0 Å². The summed E-state index contributed by atoms with van der Waals surface area (Å²) in [6.45, 7) is 3.95. The summed E-state index contributed by atoms with van der Waals surface area (Å²) < 4.78 is 0. The maximum atomic E-state index is 4.30. The van der Waals surface area contributed by atoms with Gasteiger partial charge in [0, 0.05) is 37.1 Å². The standard InChI is InChI=1S/C13H22N4/c1-2-7-14-13-16-9-11(10-17-13)8-15-12-5-3-4-6-12/h9-10,12,15H,2-8H2,1H3,(H,14,16,17). The van der Waals surface area contributed by atoms with E-state index in [0.717, 1.165) is 25.5 Å². The van der Waals surface area contributed by atoms with E-state index in [2.05, 4.69) is 27.5 Å². The van der Waals surface area contributed by atoms with E-state index in [9.17, 15) is 0 Å². The highest BCUT2D eigenvalue weighted by atomic mass is 15.1. The Morgan fingerprint density at radius 1 is 1.24 bits per heavy atom. The van der Waals surface area contributed by atoms with E-state index >= 15 is 0 Å². The van der Waals surface area contributed by atoms with Gasteiger partial charge in [0.25, 0.3) is 0 Å². The normalized spacial score (nSPS) is 16.3. The summed E-state index contributed by atoms with van der Waals surface area (Å²) in [6, 6.07) is 0.702. The van der Waals surface area contributed by atoms with Crippen molar-refractivity contribution in [3.8, 4) is 0 Å². The fraction of sp³-hybridized carbons (Fsp3) is 0.692. The van der Waals surface area contributed by atoms with Crippen LogP contribution in [0.25, 0.3) is 0 Å². The number of nitrogens with one attached hydrogen (secondary N) is 2. The first kappa shape index (κ1) is 12.3. The third-order valence-corrected chi connectivity index (χ3v) is 3.19. The average molecular weight is 234 g/mol. The molecule has 1 saturated carbocycles. The SMILES string of the molecule is CCCNc1ncc(CNC2CCCC2)cn1. The van der Waals surface area contributed by atoms with Crippen LogP contribution in [0.1, 0.15) is 44.6 Å². The molecule has 0 spiro atoms. The van der Waals surface area contributed by atoms with Crippen LogP contribution in [0.5, 0.6) is 0 Å². The van der Waals surface area contributed by atoms with Crippen LogP contribution in [-0.2, 0) is 6.54 Å². The molecule has 2 rings (SSSR count). The van der Waals surface area contributed by atoms with Crippen molar-refractivity contribution in [3.63, 3.8) is 0 Å². The van der Waals surface area contributed by atoms with Gasteiger partial charge in [0.1, 0.15) is 0 Å². The summed E-state index contributed by atoms with van der Waals surface area (Å²) >= 11 is 0. The molecular formula is C13H22N4. The molecule has 4 heteroatoms. The predicted molar refractivity (Wildman–Crippen MR) is 69.9 cm³/mol. The van der Waals surface area contributed by atoms with E-state index in [-0.39, 0.29) is 0 Å². The summed E-state index contributed by atoms with van der Waals surface area (Å²) in [5, 5.41) is 6.74. The molecule has 94 valence electrons. The summed E-state index contributed by atoms with van der Waals surface area (Å²) in [6.07, 6.45) is 10.3. The molecule has 0 bridgehead atoms. The zero-order chi connectivity index (χ0) is 11.9. The predicted octanol–water partition coefficient (Wildman–Crippen LogP) is 2.33. The molecule has 0 radical (unpaired) electrons. The van der Waals surface area contributed by atoms with Gasteiger partial charge >= 0.3 is 0 Å². The summed E-state index contributed by atoms with van der Waals surface area (Å²) in [4.78, 5) is 8.60. The number of nitrogens with zero attached hydrogens (tertiary/aromatic N) is 2. The molecule has 0 amide bonds. The molecule has 0 aromatic carbocycles. The van der Waals surface area contributed by atoms with Crippen molar-refractivity contribution >= 4 is 5.95 Å². The van der Waals surface area contributed by atoms with Gasteiger partial charge in [-0.1, -0.05) is 19.8 Å². The Balaban J connectivity index is 1.76. The van der Waals surface area contributed by atoms with Crippen LogP contribution in [0.2, 0.25) is 0 Å². The minimum atomic E-state index is 0.702. The maximum Gasteiger partial charge on any atom is 0.222 e. The van der Waals surface area contributed by atoms with Crippen molar-refractivity contribution in [1.82, 2.24) is 15.3 Å². The summed E-state index contributed by atoms with van der Waals surface area (Å²) in [7, 11) is 0. The van der Waals surface area contributed by atoms with Crippen molar-refractivity contribution in [2.45, 2.75) is 51.6 Å². The lowest BCUT2D eigenvalue weighted by molar-refractivity contribution is 0.523. The van der Waals surface area contributed by atoms with Gasteiger partial charge in [-0.15, -0.1) is 0 Å². The topological polar surface area (TPSA) is 49.8 Å². The minimum absolute atomic E-state index is 0.702. The van der Waals surface area contributed by atoms with E-state index < -0.39 is 0 Å². The zero-order valence-corrected chi connectivity index (χ0v) is 10.6. The van der Waals surface area contributed by atoms with Gasteiger partial charge in [-0.25, -0.2) is 9.97 Å². The molecule has 17 heavy (non-hydrogen) atoms. The van der Waals surface area contributed by atoms with Gasteiger partial charge in [-0.2, -0.15) is 0 Å². The second-order valence-electron chi connectivity index (χ2n) is 4.70. The van der Waals surface area contributed by atoms with Crippen molar-refractivity contribution in [2.75, 3.05) is 11.9 Å². The Morgan fingerprint density at radius 3 is 2.59 bits per heavy atom. The van der Waals surface area contributed by atoms with Crippen LogP contribution < -0.4 is 10.6 Å². The molecule has 0 aliphatic heterocycles. The highest BCUT2D eigenvalue weighted by molar-refractivity contribution is 5.24. The highest BCUT2D eigenvalue weighted by Crippen LogP contribution is 2.17. The van der Waals surface area contributed by atoms with E-state index in [1.807, 2.05) is 12.4 Å². The molecule has 1 aromatic heterocycles. The molecule has 1 aromatic rings. The largest absolute Gasteiger partial charge is 0.354 e. The van der Waals surface area contributed by atoms with Gasteiger partial charge in [0.05, 0.1) is 0 Å². The lowest BCUT2D eigenvalue weighted by Gasteiger charge is -2.11. The van der Waals surface area contributed by atoms with Crippen LogP contribution in [0.3, 0.4) is 0 Å². The van der Waals surface area contributed by atoms with Gasteiger partial charge in [-0.05, 0) is 19.3 Å². The molecule has 4 nitrogen and oxygen atoms in total. The maximum absolute atomic E-state index is 4.30. The molecule has 1 fully saturated rings. The van der Waals surface area contributed by atoms with Gasteiger partial charge in [0.2, 0.25) is 5.95 Å². The monoisotopic (exact) mass is 234 g/mol. The van der Waals surface area contributed by atoms with E-state index in [4.69, 9.17) is 0 Å². The van der Waals surface area contributed by atoms with E-state index in [0.29, 0.717) is 6.04 Å². The first-order valence-electron chi connectivity index (χ1n) is 6.66. The average Bonchev–Trinajstić information content (AvgIpc) is 2.88. The van der Waals surface area contributed by atoms with Crippen molar-refractivity contribution in [2.24, 2.45) is 0 Å². The van der Waals surface area contributed by atoms with Crippen LogP contribution in [0.4, 0.5) is 5.95 Å². The zero-order valence-electron chi connectivity index (χ0n) is 10.6. The fourth-order valence-corrected chi connectivity index (χ4v) is 2.17. The minimum Gasteiger partial charge on any atom is -0.354 e. The van der Waals surface area contributed by atoms with Crippen LogP contribution in [0.15, 0.2) is 12.4 Å². The van der Waals surface area contributed by atoms with Crippen LogP contribution in [-0.4, -0.2) is 22.6 Å². The van der Waals surface area contributed by atoms with E-state index in [1.165, 1.54) is 31.2 Å². The lowest BCUT2D eigenvalue weighted by Crippen LogP contribution is -2.25. The van der Waals surface area contributed by atoms with Crippen molar-refractivity contribution in [1.29, 1.82) is 0 Å². The second-order valence-corrected chi connectivity index (χ2v) is 4.70. The highest BCUT2D eigenvalue weighted by Gasteiger charge is 2.13. The number of hydrogen-bond donors (Lipinski definition) is 2. The van der Waals surface area contributed by atoms with Crippen molar-refractivity contribution < 1.29 is 0 Å². The molecule has 0 unspecified atom stereocenters. The van der Waals surface area contributed by atoms with Crippen LogP contribution in [0, 0.1) is 0 Å². The third kappa shape index (κ3) is 3.97. The van der Waals surface area contributed by atoms with Gasteiger partial charge in [-0.3, -0.25) is 0 Å². The Labute approximate surface area is 103 Å². The molecule has 0 atom stereocenters. The first-order chi connectivity index (χ1) is 8.38. The number of aromatic nitrogens is 2. The fourth-order valence-electron chi connectivity index (χ4n) is 2.17. The Morgan fingerprint density at radius 2 is 1.94 bits per heavy atom. The molecule has 0 saturated heterocycles. The quantitative estimate of drug-likeness (QED) is 0.793. The molecule has 1 heterocycles. The molecule has 1 aliphatic rings. The Kier molecular flexibility index (Phi) is 4.74. The van der Waals surface area contributed by atoms with E-state index in [1.54, 1.807) is 0 Å². The van der Waals surface area contributed by atoms with Crippen LogP contribution >= 0.6 is 0 Å². The first-order valence-corrected chi connectivity index (χ1v) is 6.66. The lowest BCUT2D eigenvalue weighted by atomic mass is 10.2. The van der Waals surface area contributed by atoms with Gasteiger partial charge in [0.15, 0.2) is 0 Å². The summed E-state index contributed by atoms with van der Waals surface area (Å²) in [5.41, 5.74) is 1.17. The smallest absolute Gasteiger partial charge is 0.222 e. The third-order valence-electron chi connectivity index (χ3n) is 3.19. The molecular weight excluding hydrogens is 212 g/mol. The Hall–Kier alpha value is -1.16.